The summed E-state index contributed by atoms with van der Waals surface area (Å²) in [5.41, 5.74) is 2.57. The van der Waals surface area contributed by atoms with Gasteiger partial charge in [-0.2, -0.15) is 8.42 Å². The van der Waals surface area contributed by atoms with Crippen LogP contribution in [0.2, 0.25) is 0 Å². The maximum absolute atomic E-state index is 12.5. The summed E-state index contributed by atoms with van der Waals surface area (Å²) in [7, 11) is -3.92. The van der Waals surface area contributed by atoms with Gasteiger partial charge in [0.1, 0.15) is 4.90 Å². The van der Waals surface area contributed by atoms with E-state index in [0.29, 0.717) is 5.56 Å². The van der Waals surface area contributed by atoms with Crippen molar-refractivity contribution in [1.29, 1.82) is 0 Å². The lowest BCUT2D eigenvalue weighted by Gasteiger charge is -2.10. The summed E-state index contributed by atoms with van der Waals surface area (Å²) < 4.78 is 31.2. The molecule has 0 aliphatic rings. The van der Waals surface area contributed by atoms with Crippen LogP contribution in [0.4, 0.5) is 5.69 Å². The lowest BCUT2D eigenvalue weighted by Crippen LogP contribution is -2.10. The van der Waals surface area contributed by atoms with Crippen LogP contribution in [0.5, 0.6) is 5.75 Å². The molecule has 0 unspecified atom stereocenters. The number of aryl methyl sites for hydroxylation is 1. The maximum atomic E-state index is 12.5. The average molecular weight is 444 g/mol. The Morgan fingerprint density at radius 1 is 1.00 bits per heavy atom. The highest BCUT2D eigenvalue weighted by Gasteiger charge is 2.17. The Morgan fingerprint density at radius 2 is 1.70 bits per heavy atom. The molecule has 3 aromatic rings. The van der Waals surface area contributed by atoms with Gasteiger partial charge in [0.15, 0.2) is 5.75 Å². The predicted molar refractivity (Wildman–Crippen MR) is 111 cm³/mol. The summed E-state index contributed by atoms with van der Waals surface area (Å²) in [6.45, 7) is 2.09. The molecule has 3 rings (SSSR count). The molecule has 0 N–H and O–H groups in total. The van der Waals surface area contributed by atoms with Crippen molar-refractivity contribution in [2.45, 2.75) is 18.2 Å². The number of benzene rings is 3. The van der Waals surface area contributed by atoms with E-state index >= 15 is 0 Å². The summed E-state index contributed by atoms with van der Waals surface area (Å²) in [5.74, 6) is 0.219. The van der Waals surface area contributed by atoms with Gasteiger partial charge in [-0.05, 0) is 54.4 Å². The van der Waals surface area contributed by atoms with Gasteiger partial charge in [-0.3, -0.25) is 4.99 Å². The molecule has 0 atom stereocenters. The van der Waals surface area contributed by atoms with Crippen LogP contribution in [-0.2, 0) is 16.5 Å². The van der Waals surface area contributed by atoms with Crippen molar-refractivity contribution in [3.63, 3.8) is 0 Å². The summed E-state index contributed by atoms with van der Waals surface area (Å²) in [4.78, 5) is 4.54. The molecule has 0 radical (unpaired) electrons. The minimum atomic E-state index is -3.92. The van der Waals surface area contributed by atoms with E-state index < -0.39 is 10.1 Å². The Bertz CT molecular complexity index is 1050. The SMILES string of the molecule is CCc1ccc(N=Cc2cc(Br)ccc2OS(=O)(=O)c2ccccc2)cc1. The number of halogens is 1. The second-order valence-electron chi connectivity index (χ2n) is 5.81. The summed E-state index contributed by atoms with van der Waals surface area (Å²) >= 11 is 3.40. The number of aliphatic imine (C=N–C) groups is 1. The van der Waals surface area contributed by atoms with Crippen molar-refractivity contribution in [1.82, 2.24) is 0 Å². The molecule has 4 nitrogen and oxygen atoms in total. The Kier molecular flexibility index (Phi) is 6.08. The van der Waals surface area contributed by atoms with Crippen molar-refractivity contribution >= 4 is 38.0 Å². The van der Waals surface area contributed by atoms with Crippen molar-refractivity contribution in [2.24, 2.45) is 4.99 Å². The van der Waals surface area contributed by atoms with E-state index in [9.17, 15) is 8.42 Å². The zero-order valence-electron chi connectivity index (χ0n) is 14.7. The molecule has 0 fully saturated rings. The van der Waals surface area contributed by atoms with Gasteiger partial charge >= 0.3 is 10.1 Å². The molecule has 6 heteroatoms. The lowest BCUT2D eigenvalue weighted by atomic mass is 10.1. The minimum Gasteiger partial charge on any atom is -0.378 e. The Morgan fingerprint density at radius 3 is 2.37 bits per heavy atom. The van der Waals surface area contributed by atoms with Gasteiger partial charge in [0.05, 0.1) is 5.69 Å². The van der Waals surface area contributed by atoms with E-state index in [0.717, 1.165) is 16.6 Å². The second kappa shape index (κ2) is 8.50. The van der Waals surface area contributed by atoms with Crippen LogP contribution in [0.15, 0.2) is 87.2 Å². The molecule has 0 heterocycles. The van der Waals surface area contributed by atoms with Crippen LogP contribution in [0.25, 0.3) is 0 Å². The molecule has 0 bridgehead atoms. The molecular formula is C21H18BrNO3S. The van der Waals surface area contributed by atoms with Gasteiger partial charge in [0.2, 0.25) is 0 Å². The normalized spacial score (nSPS) is 11.6. The highest BCUT2D eigenvalue weighted by Crippen LogP contribution is 2.26. The van der Waals surface area contributed by atoms with Gasteiger partial charge in [0, 0.05) is 16.3 Å². The van der Waals surface area contributed by atoms with E-state index in [2.05, 4.69) is 27.8 Å². The first-order valence-corrected chi connectivity index (χ1v) is 10.6. The molecular weight excluding hydrogens is 426 g/mol. The Balaban J connectivity index is 1.90. The fourth-order valence-electron chi connectivity index (χ4n) is 2.41. The fourth-order valence-corrected chi connectivity index (χ4v) is 3.77. The summed E-state index contributed by atoms with van der Waals surface area (Å²) in [6.07, 6.45) is 2.56. The van der Waals surface area contributed by atoms with Gasteiger partial charge in [-0.1, -0.05) is 53.2 Å². The topological polar surface area (TPSA) is 55.7 Å². The Hall–Kier alpha value is -2.44. The molecule has 0 spiro atoms. The van der Waals surface area contributed by atoms with Gasteiger partial charge in [0.25, 0.3) is 0 Å². The van der Waals surface area contributed by atoms with Crippen molar-refractivity contribution in [3.05, 3.63) is 88.4 Å². The molecule has 0 aromatic heterocycles. The first kappa shape index (κ1) is 19.3. The molecule has 0 saturated carbocycles. The number of hydrogen-bond donors (Lipinski definition) is 0. The lowest BCUT2D eigenvalue weighted by molar-refractivity contribution is 0.485. The first-order chi connectivity index (χ1) is 13.0. The van der Waals surface area contributed by atoms with E-state index in [4.69, 9.17) is 4.18 Å². The summed E-state index contributed by atoms with van der Waals surface area (Å²) in [6, 6.07) is 21.0. The van der Waals surface area contributed by atoms with Crippen LogP contribution in [0, 0.1) is 0 Å². The zero-order chi connectivity index (χ0) is 19.3. The zero-order valence-corrected chi connectivity index (χ0v) is 17.1. The first-order valence-electron chi connectivity index (χ1n) is 8.40. The largest absolute Gasteiger partial charge is 0.378 e. The Labute approximate surface area is 167 Å². The third kappa shape index (κ3) is 5.05. The molecule has 3 aromatic carbocycles. The van der Waals surface area contributed by atoms with Gasteiger partial charge in [-0.25, -0.2) is 0 Å². The molecule has 138 valence electrons. The number of hydrogen-bond acceptors (Lipinski definition) is 4. The van der Waals surface area contributed by atoms with Crippen LogP contribution >= 0.6 is 15.9 Å². The van der Waals surface area contributed by atoms with Gasteiger partial charge < -0.3 is 4.18 Å². The molecule has 0 aliphatic heterocycles. The molecule has 0 saturated heterocycles. The van der Waals surface area contributed by atoms with E-state index in [1.165, 1.54) is 17.7 Å². The van der Waals surface area contributed by atoms with Crippen molar-refractivity contribution in [3.8, 4) is 5.75 Å². The quantitative estimate of drug-likeness (QED) is 0.371. The highest BCUT2D eigenvalue weighted by atomic mass is 79.9. The third-order valence-corrected chi connectivity index (χ3v) is 5.64. The van der Waals surface area contributed by atoms with Crippen LogP contribution in [0.1, 0.15) is 18.1 Å². The number of rotatable bonds is 6. The second-order valence-corrected chi connectivity index (χ2v) is 8.27. The van der Waals surface area contributed by atoms with Crippen LogP contribution in [0.3, 0.4) is 0 Å². The minimum absolute atomic E-state index is 0.103. The fraction of sp³-hybridized carbons (Fsp3) is 0.0952. The van der Waals surface area contributed by atoms with Crippen molar-refractivity contribution in [2.75, 3.05) is 0 Å². The standard InChI is InChI=1S/C21H18BrNO3S/c1-2-16-8-11-19(12-9-16)23-15-17-14-18(22)10-13-21(17)26-27(24,25)20-6-4-3-5-7-20/h3-15H,2H2,1H3. The average Bonchev–Trinajstić information content (AvgIpc) is 2.69. The predicted octanol–water partition coefficient (Wildman–Crippen LogP) is 5.53. The van der Waals surface area contributed by atoms with E-state index in [1.54, 1.807) is 42.6 Å². The smallest absolute Gasteiger partial charge is 0.339 e. The number of nitrogens with zero attached hydrogens (tertiary/aromatic N) is 1. The molecule has 0 aliphatic carbocycles. The van der Waals surface area contributed by atoms with Crippen molar-refractivity contribution < 1.29 is 12.6 Å². The highest BCUT2D eigenvalue weighted by molar-refractivity contribution is 9.10. The molecule has 27 heavy (non-hydrogen) atoms. The van der Waals surface area contributed by atoms with Crippen LogP contribution < -0.4 is 4.18 Å². The third-order valence-electron chi connectivity index (χ3n) is 3.90. The summed E-state index contributed by atoms with van der Waals surface area (Å²) in [5, 5.41) is 0. The maximum Gasteiger partial charge on any atom is 0.339 e. The van der Waals surface area contributed by atoms with E-state index in [-0.39, 0.29) is 10.6 Å². The van der Waals surface area contributed by atoms with Gasteiger partial charge in [-0.15, -0.1) is 0 Å². The monoisotopic (exact) mass is 443 g/mol. The van der Waals surface area contributed by atoms with Crippen LogP contribution in [-0.4, -0.2) is 14.6 Å². The molecule has 0 amide bonds. The van der Waals surface area contributed by atoms with E-state index in [1.807, 2.05) is 24.3 Å².